The first kappa shape index (κ1) is 5.56. The summed E-state index contributed by atoms with van der Waals surface area (Å²) in [5.41, 5.74) is 0. The van der Waals surface area contributed by atoms with Crippen molar-refractivity contribution in [3.05, 3.63) is 18.9 Å². The number of oxazole rings is 1. The van der Waals surface area contributed by atoms with E-state index in [1.54, 1.807) is 6.20 Å². The molecule has 0 aliphatic carbocycles. The lowest BCUT2D eigenvalue weighted by atomic mass is 11.0. The van der Waals surface area contributed by atoms with Crippen LogP contribution in [-0.4, -0.2) is 4.98 Å². The van der Waals surface area contributed by atoms with Crippen molar-refractivity contribution >= 4 is 13.5 Å². The summed E-state index contributed by atoms with van der Waals surface area (Å²) in [7, 11) is 0. The molecule has 0 bridgehead atoms. The molecule has 1 aromatic heterocycles. The molecule has 1 rings (SSSR count). The molecule has 0 unspecified atom stereocenters. The molecule has 0 saturated heterocycles. The van der Waals surface area contributed by atoms with E-state index in [0.717, 1.165) is 0 Å². The average molecular weight is 103 g/mol. The second-order valence-electron chi connectivity index (χ2n) is 0.676. The van der Waals surface area contributed by atoms with Gasteiger partial charge in [-0.3, -0.25) is 0 Å². The summed E-state index contributed by atoms with van der Waals surface area (Å²) in [6.45, 7) is 0. The summed E-state index contributed by atoms with van der Waals surface area (Å²) in [4.78, 5) is 3.56. The lowest BCUT2D eigenvalue weighted by molar-refractivity contribution is 0.558. The van der Waals surface area contributed by atoms with Crippen molar-refractivity contribution in [2.45, 2.75) is 0 Å². The van der Waals surface area contributed by atoms with Crippen molar-refractivity contribution in [3.8, 4) is 0 Å². The van der Waals surface area contributed by atoms with E-state index in [9.17, 15) is 0 Å². The number of nitrogens with zero attached hydrogens (tertiary/aromatic N) is 1. The van der Waals surface area contributed by atoms with Gasteiger partial charge in [-0.1, -0.05) is 0 Å². The number of hydrogen-bond acceptors (Lipinski definition) is 2. The van der Waals surface area contributed by atoms with E-state index < -0.39 is 0 Å². The predicted octanol–water partition coefficient (Wildman–Crippen LogP) is 0.787. The molecule has 1 aromatic rings. The maximum absolute atomic E-state index is 4.47. The van der Waals surface area contributed by atoms with Crippen LogP contribution in [0.5, 0.6) is 0 Å². The van der Waals surface area contributed by atoms with Gasteiger partial charge in [0.15, 0.2) is 6.39 Å². The molecule has 6 heavy (non-hydrogen) atoms. The third-order valence-electron chi connectivity index (χ3n) is 0.347. The van der Waals surface area contributed by atoms with Crippen LogP contribution in [0.3, 0.4) is 0 Å². The average Bonchev–Trinajstić information content (AvgIpc) is 1.76. The number of rotatable bonds is 0. The van der Waals surface area contributed by atoms with Crippen molar-refractivity contribution in [2.24, 2.45) is 0 Å². The Labute approximate surface area is 42.6 Å². The maximum atomic E-state index is 4.47. The van der Waals surface area contributed by atoms with E-state index in [-0.39, 0.29) is 13.5 Å². The van der Waals surface area contributed by atoms with Crippen molar-refractivity contribution < 1.29 is 4.42 Å². The lowest BCUT2D eigenvalue weighted by Gasteiger charge is -1.47. The molecule has 0 amide bonds. The Kier molecular flexibility index (Phi) is 2.58. The molecule has 3 heteroatoms. The van der Waals surface area contributed by atoms with Gasteiger partial charge in [0.25, 0.3) is 0 Å². The zero-order valence-corrected chi connectivity index (χ0v) is 4.09. The number of aromatic nitrogens is 1. The van der Waals surface area contributed by atoms with Gasteiger partial charge >= 0.3 is 0 Å². The van der Waals surface area contributed by atoms with Crippen molar-refractivity contribution in [2.75, 3.05) is 0 Å². The molecule has 0 aromatic carbocycles. The van der Waals surface area contributed by atoms with Gasteiger partial charge in [0.05, 0.1) is 6.20 Å². The normalized spacial score (nSPS) is 6.67. The smallest absolute Gasteiger partial charge is 0.180 e. The third kappa shape index (κ3) is 1.12. The van der Waals surface area contributed by atoms with Crippen molar-refractivity contribution in [1.82, 2.24) is 4.98 Å². The monoisotopic (exact) mass is 103 g/mol. The van der Waals surface area contributed by atoms with Crippen LogP contribution in [0.15, 0.2) is 23.3 Å². The van der Waals surface area contributed by atoms with E-state index in [2.05, 4.69) is 9.40 Å². The van der Waals surface area contributed by atoms with Crippen LogP contribution >= 0.6 is 13.5 Å². The van der Waals surface area contributed by atoms with Gasteiger partial charge in [0, 0.05) is 0 Å². The van der Waals surface area contributed by atoms with Crippen LogP contribution in [0.1, 0.15) is 0 Å². The Hall–Kier alpha value is -0.440. The molecule has 1 heterocycles. The van der Waals surface area contributed by atoms with Gasteiger partial charge in [-0.2, -0.15) is 13.5 Å². The Bertz CT molecular complexity index is 67.3. The fraction of sp³-hybridized carbons (Fsp3) is 0. The van der Waals surface area contributed by atoms with Crippen LogP contribution in [0.2, 0.25) is 0 Å². The summed E-state index contributed by atoms with van der Waals surface area (Å²) in [6.07, 6.45) is 4.47. The molecule has 0 aliphatic heterocycles. The predicted molar refractivity (Wildman–Crippen MR) is 26.9 cm³/mol. The van der Waals surface area contributed by atoms with Crippen LogP contribution in [0.25, 0.3) is 0 Å². The summed E-state index contributed by atoms with van der Waals surface area (Å²) < 4.78 is 4.47. The summed E-state index contributed by atoms with van der Waals surface area (Å²) >= 11 is 0. The van der Waals surface area contributed by atoms with E-state index in [4.69, 9.17) is 0 Å². The highest BCUT2D eigenvalue weighted by Crippen LogP contribution is 1.72. The van der Waals surface area contributed by atoms with Gasteiger partial charge in [0.1, 0.15) is 6.26 Å². The third-order valence-corrected chi connectivity index (χ3v) is 0.347. The number of hydrogen-bond donors (Lipinski definition) is 0. The van der Waals surface area contributed by atoms with Gasteiger partial charge in [-0.15, -0.1) is 0 Å². The summed E-state index contributed by atoms with van der Waals surface area (Å²) in [5, 5.41) is 0. The minimum absolute atomic E-state index is 0. The largest absolute Gasteiger partial charge is 0.452 e. The molecule has 2 nitrogen and oxygen atoms in total. The van der Waals surface area contributed by atoms with Crippen molar-refractivity contribution in [3.63, 3.8) is 0 Å². The Morgan fingerprint density at radius 3 is 2.50 bits per heavy atom. The summed E-state index contributed by atoms with van der Waals surface area (Å²) in [5.74, 6) is 0. The Morgan fingerprint density at radius 1 is 1.50 bits per heavy atom. The van der Waals surface area contributed by atoms with E-state index >= 15 is 0 Å². The summed E-state index contributed by atoms with van der Waals surface area (Å²) in [6, 6.07) is 0. The van der Waals surface area contributed by atoms with Crippen LogP contribution in [0, 0.1) is 0 Å². The lowest BCUT2D eigenvalue weighted by Crippen LogP contribution is -1.38. The fourth-order valence-electron chi connectivity index (χ4n) is 0.176. The highest BCUT2D eigenvalue weighted by Gasteiger charge is 1.59. The van der Waals surface area contributed by atoms with Gasteiger partial charge in [-0.25, -0.2) is 4.98 Å². The minimum atomic E-state index is 0. The van der Waals surface area contributed by atoms with E-state index in [0.29, 0.717) is 0 Å². The van der Waals surface area contributed by atoms with Crippen LogP contribution in [-0.2, 0) is 0 Å². The molecular weight excluding hydrogens is 98.1 g/mol. The molecule has 0 radical (unpaired) electrons. The molecule has 0 fully saturated rings. The van der Waals surface area contributed by atoms with Crippen molar-refractivity contribution in [1.29, 1.82) is 0 Å². The quantitative estimate of drug-likeness (QED) is 0.485. The molecule has 0 atom stereocenters. The maximum Gasteiger partial charge on any atom is 0.180 e. The second kappa shape index (κ2) is 2.78. The zero-order valence-electron chi connectivity index (χ0n) is 3.09. The SMILES string of the molecule is S.c1cocn1. The van der Waals surface area contributed by atoms with E-state index in [1.807, 2.05) is 0 Å². The topological polar surface area (TPSA) is 26.0 Å². The van der Waals surface area contributed by atoms with Gasteiger partial charge < -0.3 is 4.42 Å². The van der Waals surface area contributed by atoms with E-state index in [1.165, 1.54) is 12.7 Å². The van der Waals surface area contributed by atoms with Gasteiger partial charge in [0.2, 0.25) is 0 Å². The zero-order chi connectivity index (χ0) is 3.54. The molecule has 34 valence electrons. The van der Waals surface area contributed by atoms with Gasteiger partial charge in [-0.05, 0) is 0 Å². The fourth-order valence-corrected chi connectivity index (χ4v) is 0.176. The Balaban J connectivity index is 0.000000250. The highest BCUT2D eigenvalue weighted by atomic mass is 32.1. The molecule has 0 spiro atoms. The second-order valence-corrected chi connectivity index (χ2v) is 0.676. The molecule has 0 aliphatic rings. The first-order valence-electron chi connectivity index (χ1n) is 1.32. The van der Waals surface area contributed by atoms with Crippen LogP contribution in [0.4, 0.5) is 0 Å². The first-order valence-corrected chi connectivity index (χ1v) is 1.32. The minimum Gasteiger partial charge on any atom is -0.452 e. The highest BCUT2D eigenvalue weighted by molar-refractivity contribution is 7.59. The molecular formula is C3H5NOS. The first-order chi connectivity index (χ1) is 2.50. The molecule has 0 saturated carbocycles. The molecule has 0 N–H and O–H groups in total. The Morgan fingerprint density at radius 2 is 2.33 bits per heavy atom. The standard InChI is InChI=1S/C3H3NO.H2S/c1-2-5-3-4-1;/h1-3H;1H2. The van der Waals surface area contributed by atoms with Crippen LogP contribution < -0.4 is 0 Å².